The van der Waals surface area contributed by atoms with E-state index >= 15 is 0 Å². The van der Waals surface area contributed by atoms with Crippen LogP contribution in [0.3, 0.4) is 0 Å². The number of anilines is 1. The highest BCUT2D eigenvalue weighted by atomic mass is 79.9. The van der Waals surface area contributed by atoms with Crippen LogP contribution in [0, 0.1) is 0 Å². The number of nitrogens with zero attached hydrogens (tertiary/aromatic N) is 5. The lowest BCUT2D eigenvalue weighted by Gasteiger charge is -2.34. The highest BCUT2D eigenvalue weighted by Crippen LogP contribution is 2.25. The maximum atomic E-state index is 12.6. The molecule has 1 N–H and O–H groups in total. The van der Waals surface area contributed by atoms with Crippen LogP contribution in [0.1, 0.15) is 15.2 Å². The average Bonchev–Trinajstić information content (AvgIpc) is 3.31. The van der Waals surface area contributed by atoms with E-state index < -0.39 is 0 Å². The number of aromatic hydroxyl groups is 1. The van der Waals surface area contributed by atoms with Crippen LogP contribution in [0.25, 0.3) is 0 Å². The molecule has 0 aliphatic carbocycles. The van der Waals surface area contributed by atoms with Crippen molar-refractivity contribution in [2.45, 2.75) is 6.54 Å². The lowest BCUT2D eigenvalue weighted by atomic mass is 10.2. The van der Waals surface area contributed by atoms with Crippen molar-refractivity contribution in [3.8, 4) is 5.75 Å². The van der Waals surface area contributed by atoms with E-state index in [9.17, 15) is 9.90 Å². The maximum absolute atomic E-state index is 12.6. The number of hydrogen-bond acceptors (Lipinski definition) is 6. The Morgan fingerprint density at radius 2 is 1.89 bits per heavy atom. The molecule has 0 spiro atoms. The third kappa shape index (κ3) is 4.14. The zero-order chi connectivity index (χ0) is 18.8. The molecule has 0 radical (unpaired) electrons. The molecule has 1 fully saturated rings. The molecule has 0 atom stereocenters. The van der Waals surface area contributed by atoms with Gasteiger partial charge < -0.3 is 14.9 Å². The molecule has 1 aliphatic heterocycles. The minimum Gasteiger partial charge on any atom is -0.508 e. The lowest BCUT2D eigenvalue weighted by Crippen LogP contribution is -2.48. The van der Waals surface area contributed by atoms with Crippen molar-refractivity contribution in [1.82, 2.24) is 19.7 Å². The van der Waals surface area contributed by atoms with Gasteiger partial charge in [0.2, 0.25) is 0 Å². The number of carbonyl (C=O) groups is 1. The van der Waals surface area contributed by atoms with Gasteiger partial charge in [-0.3, -0.25) is 9.48 Å². The number of phenolic OH excluding ortho intramolecular Hbond substituents is 1. The zero-order valence-electron chi connectivity index (χ0n) is 14.5. The van der Waals surface area contributed by atoms with Crippen molar-refractivity contribution in [3.63, 3.8) is 0 Å². The second-order valence-electron chi connectivity index (χ2n) is 6.29. The summed E-state index contributed by atoms with van der Waals surface area (Å²) in [6.45, 7) is 3.51. The Morgan fingerprint density at radius 1 is 1.15 bits per heavy atom. The molecular formula is C18H18BrN5O2S. The van der Waals surface area contributed by atoms with E-state index in [4.69, 9.17) is 0 Å². The van der Waals surface area contributed by atoms with E-state index in [0.717, 1.165) is 27.6 Å². The van der Waals surface area contributed by atoms with Gasteiger partial charge in [-0.2, -0.15) is 5.10 Å². The van der Waals surface area contributed by atoms with Gasteiger partial charge in [0.1, 0.15) is 5.75 Å². The molecule has 1 aliphatic rings. The van der Waals surface area contributed by atoms with Gasteiger partial charge in [-0.25, -0.2) is 4.98 Å². The number of carbonyl (C=O) groups excluding carboxylic acids is 1. The number of benzene rings is 1. The smallest absolute Gasteiger partial charge is 0.253 e. The van der Waals surface area contributed by atoms with Crippen LogP contribution >= 0.6 is 27.3 Å². The zero-order valence-corrected chi connectivity index (χ0v) is 16.9. The van der Waals surface area contributed by atoms with Gasteiger partial charge in [-0.15, -0.1) is 0 Å². The van der Waals surface area contributed by atoms with Gasteiger partial charge in [-0.05, 0) is 40.2 Å². The number of hydrogen-bond donors (Lipinski definition) is 1. The summed E-state index contributed by atoms with van der Waals surface area (Å²) in [5, 5.41) is 14.6. The van der Waals surface area contributed by atoms with Gasteiger partial charge in [0, 0.05) is 49.0 Å². The first-order valence-electron chi connectivity index (χ1n) is 8.54. The highest BCUT2D eigenvalue weighted by molar-refractivity contribution is 9.10. The molecule has 1 amide bonds. The van der Waals surface area contributed by atoms with Gasteiger partial charge in [0.15, 0.2) is 5.13 Å². The van der Waals surface area contributed by atoms with Crippen molar-refractivity contribution in [1.29, 1.82) is 0 Å². The second kappa shape index (κ2) is 7.69. The highest BCUT2D eigenvalue weighted by Gasteiger charge is 2.23. The number of phenols is 1. The minimum atomic E-state index is -0.00117. The van der Waals surface area contributed by atoms with Crippen LogP contribution < -0.4 is 4.90 Å². The lowest BCUT2D eigenvalue weighted by molar-refractivity contribution is 0.0747. The number of rotatable bonds is 4. The summed E-state index contributed by atoms with van der Waals surface area (Å²) in [7, 11) is 0. The molecule has 27 heavy (non-hydrogen) atoms. The first kappa shape index (κ1) is 18.0. The molecular weight excluding hydrogens is 430 g/mol. The molecule has 140 valence electrons. The van der Waals surface area contributed by atoms with Gasteiger partial charge in [0.25, 0.3) is 5.91 Å². The number of halogens is 1. The van der Waals surface area contributed by atoms with Crippen molar-refractivity contribution in [2.24, 2.45) is 0 Å². The summed E-state index contributed by atoms with van der Waals surface area (Å²) in [4.78, 5) is 22.3. The molecule has 0 unspecified atom stereocenters. The number of aromatic nitrogens is 3. The van der Waals surface area contributed by atoms with Crippen LogP contribution in [-0.2, 0) is 6.54 Å². The van der Waals surface area contributed by atoms with E-state index in [0.29, 0.717) is 25.2 Å². The summed E-state index contributed by atoms with van der Waals surface area (Å²) < 4.78 is 2.83. The fourth-order valence-electron chi connectivity index (χ4n) is 2.99. The van der Waals surface area contributed by atoms with Crippen molar-refractivity contribution < 1.29 is 9.90 Å². The predicted molar refractivity (Wildman–Crippen MR) is 107 cm³/mol. The third-order valence-electron chi connectivity index (χ3n) is 4.41. The Kier molecular flexibility index (Phi) is 5.13. The van der Waals surface area contributed by atoms with Crippen LogP contribution in [0.15, 0.2) is 47.3 Å². The van der Waals surface area contributed by atoms with Crippen LogP contribution in [0.4, 0.5) is 5.13 Å². The first-order valence-corrected chi connectivity index (χ1v) is 10.2. The van der Waals surface area contributed by atoms with Crippen LogP contribution in [0.5, 0.6) is 5.75 Å². The summed E-state index contributed by atoms with van der Waals surface area (Å²) in [5.41, 5.74) is 0.600. The molecule has 9 heteroatoms. The molecule has 3 aromatic rings. The summed E-state index contributed by atoms with van der Waals surface area (Å²) in [6.07, 6.45) is 5.60. The molecule has 2 aromatic heterocycles. The number of amides is 1. The number of piperazine rings is 1. The van der Waals surface area contributed by atoms with E-state index in [2.05, 4.69) is 30.9 Å². The normalized spacial score (nSPS) is 14.6. The standard InChI is InChI=1S/C18H18BrN5O2S/c19-14-9-21-24(11-14)12-16-10-20-18(27-16)23-7-5-22(6-8-23)17(26)13-1-3-15(25)4-2-13/h1-4,9-11,25H,5-8,12H2. The van der Waals surface area contributed by atoms with Gasteiger partial charge in [-0.1, -0.05) is 11.3 Å². The molecule has 1 saturated heterocycles. The molecule has 7 nitrogen and oxygen atoms in total. The van der Waals surface area contributed by atoms with Gasteiger partial charge >= 0.3 is 0 Å². The fourth-order valence-corrected chi connectivity index (χ4v) is 4.27. The summed E-state index contributed by atoms with van der Waals surface area (Å²) >= 11 is 5.06. The Bertz CT molecular complexity index is 931. The van der Waals surface area contributed by atoms with Crippen LogP contribution in [-0.4, -0.2) is 56.9 Å². The van der Waals surface area contributed by atoms with E-state index in [1.807, 2.05) is 22.0 Å². The SMILES string of the molecule is O=C(c1ccc(O)cc1)N1CCN(c2ncc(Cn3cc(Br)cn3)s2)CC1. The molecule has 0 bridgehead atoms. The molecule has 3 heterocycles. The van der Waals surface area contributed by atoms with Crippen molar-refractivity contribution in [3.05, 3.63) is 57.8 Å². The average molecular weight is 448 g/mol. The van der Waals surface area contributed by atoms with Crippen LogP contribution in [0.2, 0.25) is 0 Å². The Hall–Kier alpha value is -2.39. The first-order chi connectivity index (χ1) is 13.1. The number of thiazole rings is 1. The Labute approximate surface area is 169 Å². The monoisotopic (exact) mass is 447 g/mol. The third-order valence-corrected chi connectivity index (χ3v) is 5.86. The van der Waals surface area contributed by atoms with E-state index in [-0.39, 0.29) is 11.7 Å². The predicted octanol–water partition coefficient (Wildman–Crippen LogP) is 2.82. The Balaban J connectivity index is 1.35. The van der Waals surface area contributed by atoms with E-state index in [1.165, 1.54) is 0 Å². The molecule has 1 aromatic carbocycles. The Morgan fingerprint density at radius 3 is 2.56 bits per heavy atom. The summed E-state index contributed by atoms with van der Waals surface area (Å²) in [6, 6.07) is 6.40. The maximum Gasteiger partial charge on any atom is 0.253 e. The van der Waals surface area contributed by atoms with Crippen molar-refractivity contribution in [2.75, 3.05) is 31.1 Å². The quantitative estimate of drug-likeness (QED) is 0.665. The minimum absolute atomic E-state index is 0.00117. The molecule has 0 saturated carbocycles. The van der Waals surface area contributed by atoms with E-state index in [1.54, 1.807) is 41.8 Å². The fraction of sp³-hybridized carbons (Fsp3) is 0.278. The summed E-state index contributed by atoms with van der Waals surface area (Å²) in [5.74, 6) is 0.164. The molecule has 4 rings (SSSR count). The largest absolute Gasteiger partial charge is 0.508 e. The topological polar surface area (TPSA) is 74.5 Å². The van der Waals surface area contributed by atoms with Crippen molar-refractivity contribution >= 4 is 38.3 Å². The van der Waals surface area contributed by atoms with Gasteiger partial charge in [0.05, 0.1) is 17.2 Å². The second-order valence-corrected chi connectivity index (χ2v) is 8.30.